The summed E-state index contributed by atoms with van der Waals surface area (Å²) in [5.74, 6) is 0. The van der Waals surface area contributed by atoms with Crippen molar-refractivity contribution in [1.29, 1.82) is 0 Å². The lowest BCUT2D eigenvalue weighted by Crippen LogP contribution is -2.19. The molecule has 1 N–H and O–H groups in total. The Balaban J connectivity index is 2.55. The number of hydrogen-bond donors (Lipinski definition) is 1. The molecule has 0 bridgehead atoms. The SMILES string of the molecule is CCN(c1ccccc1C)c1ccc(Br)cc1C(C)O. The number of aliphatic hydroxyl groups excluding tert-OH is 1. The normalized spacial score (nSPS) is 12.2. The van der Waals surface area contributed by atoms with Crippen LogP contribution in [0.3, 0.4) is 0 Å². The molecular weight excluding hydrogens is 314 g/mol. The third-order valence-corrected chi connectivity index (χ3v) is 3.95. The first-order valence-electron chi connectivity index (χ1n) is 6.85. The highest BCUT2D eigenvalue weighted by atomic mass is 79.9. The van der Waals surface area contributed by atoms with Crippen LogP contribution >= 0.6 is 15.9 Å². The minimum Gasteiger partial charge on any atom is -0.389 e. The first-order valence-corrected chi connectivity index (χ1v) is 7.64. The Bertz CT molecular complexity index is 595. The quantitative estimate of drug-likeness (QED) is 0.853. The van der Waals surface area contributed by atoms with Crippen LogP contribution in [0.4, 0.5) is 11.4 Å². The van der Waals surface area contributed by atoms with E-state index in [0.29, 0.717) is 0 Å². The molecular formula is C17H20BrNO. The van der Waals surface area contributed by atoms with E-state index in [1.807, 2.05) is 24.3 Å². The van der Waals surface area contributed by atoms with Gasteiger partial charge in [-0.15, -0.1) is 0 Å². The third-order valence-electron chi connectivity index (χ3n) is 3.45. The maximum Gasteiger partial charge on any atom is 0.0782 e. The van der Waals surface area contributed by atoms with Gasteiger partial charge < -0.3 is 10.0 Å². The average molecular weight is 334 g/mol. The van der Waals surface area contributed by atoms with E-state index in [1.165, 1.54) is 11.3 Å². The summed E-state index contributed by atoms with van der Waals surface area (Å²) < 4.78 is 0.984. The van der Waals surface area contributed by atoms with E-state index in [4.69, 9.17) is 0 Å². The number of aryl methyl sites for hydroxylation is 1. The van der Waals surface area contributed by atoms with Gasteiger partial charge in [0.1, 0.15) is 0 Å². The number of anilines is 2. The fraction of sp³-hybridized carbons (Fsp3) is 0.294. The van der Waals surface area contributed by atoms with E-state index in [9.17, 15) is 5.11 Å². The summed E-state index contributed by atoms with van der Waals surface area (Å²) in [6.45, 7) is 6.89. The summed E-state index contributed by atoms with van der Waals surface area (Å²) >= 11 is 3.48. The smallest absolute Gasteiger partial charge is 0.0782 e. The van der Waals surface area contributed by atoms with Crippen molar-refractivity contribution in [3.05, 3.63) is 58.1 Å². The zero-order chi connectivity index (χ0) is 14.7. The topological polar surface area (TPSA) is 23.5 Å². The highest BCUT2D eigenvalue weighted by Gasteiger charge is 2.16. The summed E-state index contributed by atoms with van der Waals surface area (Å²) in [7, 11) is 0. The first-order chi connectivity index (χ1) is 9.54. The van der Waals surface area contributed by atoms with Crippen molar-refractivity contribution in [1.82, 2.24) is 0 Å². The highest BCUT2D eigenvalue weighted by molar-refractivity contribution is 9.10. The molecule has 1 atom stereocenters. The Kier molecular flexibility index (Phi) is 4.84. The monoisotopic (exact) mass is 333 g/mol. The zero-order valence-electron chi connectivity index (χ0n) is 12.1. The van der Waals surface area contributed by atoms with Gasteiger partial charge in [-0.1, -0.05) is 34.1 Å². The minimum atomic E-state index is -0.499. The van der Waals surface area contributed by atoms with Crippen LogP contribution in [0.25, 0.3) is 0 Å². The molecule has 0 aliphatic heterocycles. The van der Waals surface area contributed by atoms with E-state index in [-0.39, 0.29) is 0 Å². The number of benzene rings is 2. The maximum atomic E-state index is 10.0. The van der Waals surface area contributed by atoms with Gasteiger partial charge in [0.05, 0.1) is 6.10 Å². The summed E-state index contributed by atoms with van der Waals surface area (Å²) in [5.41, 5.74) is 4.40. The van der Waals surface area contributed by atoms with Crippen molar-refractivity contribution in [2.45, 2.75) is 26.9 Å². The van der Waals surface area contributed by atoms with Crippen molar-refractivity contribution in [3.8, 4) is 0 Å². The summed E-state index contributed by atoms with van der Waals surface area (Å²) in [6.07, 6.45) is -0.499. The largest absolute Gasteiger partial charge is 0.389 e. The second-order valence-corrected chi connectivity index (χ2v) is 5.83. The number of nitrogens with zero attached hydrogens (tertiary/aromatic N) is 1. The summed E-state index contributed by atoms with van der Waals surface area (Å²) in [4.78, 5) is 2.24. The number of aliphatic hydroxyl groups is 1. The Labute approximate surface area is 129 Å². The van der Waals surface area contributed by atoms with Gasteiger partial charge in [-0.2, -0.15) is 0 Å². The molecule has 2 aromatic rings. The second-order valence-electron chi connectivity index (χ2n) is 4.91. The molecule has 2 rings (SSSR count). The molecule has 20 heavy (non-hydrogen) atoms. The van der Waals surface area contributed by atoms with Crippen LogP contribution < -0.4 is 4.90 Å². The molecule has 0 spiro atoms. The van der Waals surface area contributed by atoms with Gasteiger partial charge in [-0.05, 0) is 50.6 Å². The van der Waals surface area contributed by atoms with E-state index < -0.39 is 6.10 Å². The highest BCUT2D eigenvalue weighted by Crippen LogP contribution is 2.35. The molecule has 2 aromatic carbocycles. The minimum absolute atomic E-state index is 0.499. The standard InChI is InChI=1S/C17H20BrNO/c1-4-19(16-8-6-5-7-12(16)2)17-10-9-14(18)11-15(17)13(3)20/h5-11,13,20H,4H2,1-3H3. The van der Waals surface area contributed by atoms with Crippen molar-refractivity contribution >= 4 is 27.3 Å². The predicted octanol–water partition coefficient (Wildman–Crippen LogP) is 4.97. The van der Waals surface area contributed by atoms with Crippen LogP contribution in [0.5, 0.6) is 0 Å². The number of halogens is 1. The molecule has 0 heterocycles. The lowest BCUT2D eigenvalue weighted by atomic mass is 10.1. The van der Waals surface area contributed by atoms with E-state index in [0.717, 1.165) is 22.3 Å². The Hall–Kier alpha value is -1.32. The van der Waals surface area contributed by atoms with Crippen molar-refractivity contribution in [2.24, 2.45) is 0 Å². The van der Waals surface area contributed by atoms with E-state index >= 15 is 0 Å². The van der Waals surface area contributed by atoms with Crippen LogP contribution in [0.2, 0.25) is 0 Å². The van der Waals surface area contributed by atoms with Gasteiger partial charge >= 0.3 is 0 Å². The van der Waals surface area contributed by atoms with Gasteiger partial charge in [0.25, 0.3) is 0 Å². The van der Waals surface area contributed by atoms with Crippen LogP contribution in [-0.2, 0) is 0 Å². The molecule has 0 saturated heterocycles. The lowest BCUT2D eigenvalue weighted by molar-refractivity contribution is 0.199. The van der Waals surface area contributed by atoms with Crippen molar-refractivity contribution in [3.63, 3.8) is 0 Å². The lowest BCUT2D eigenvalue weighted by Gasteiger charge is -2.28. The summed E-state index contributed by atoms with van der Waals surface area (Å²) in [5, 5.41) is 10.0. The van der Waals surface area contributed by atoms with E-state index in [1.54, 1.807) is 6.92 Å². The number of rotatable bonds is 4. The van der Waals surface area contributed by atoms with Gasteiger partial charge in [0, 0.05) is 28.0 Å². The molecule has 0 radical (unpaired) electrons. The Morgan fingerprint density at radius 3 is 2.45 bits per heavy atom. The third kappa shape index (κ3) is 3.05. The fourth-order valence-corrected chi connectivity index (χ4v) is 2.82. The van der Waals surface area contributed by atoms with Gasteiger partial charge in [0.2, 0.25) is 0 Å². The molecule has 0 aromatic heterocycles. The number of para-hydroxylation sites is 1. The van der Waals surface area contributed by atoms with Crippen LogP contribution in [0, 0.1) is 6.92 Å². The molecule has 1 unspecified atom stereocenters. The fourth-order valence-electron chi connectivity index (χ4n) is 2.44. The first kappa shape index (κ1) is 15.1. The van der Waals surface area contributed by atoms with Gasteiger partial charge in [-0.3, -0.25) is 0 Å². The molecule has 0 aliphatic rings. The Morgan fingerprint density at radius 2 is 1.85 bits per heavy atom. The van der Waals surface area contributed by atoms with E-state index in [2.05, 4.69) is 52.9 Å². The predicted molar refractivity (Wildman–Crippen MR) is 88.6 cm³/mol. The van der Waals surface area contributed by atoms with Crippen LogP contribution in [-0.4, -0.2) is 11.7 Å². The van der Waals surface area contributed by atoms with Crippen molar-refractivity contribution < 1.29 is 5.11 Å². The van der Waals surface area contributed by atoms with Crippen LogP contribution in [0.1, 0.15) is 31.1 Å². The molecule has 0 saturated carbocycles. The zero-order valence-corrected chi connectivity index (χ0v) is 13.7. The van der Waals surface area contributed by atoms with Gasteiger partial charge in [0.15, 0.2) is 0 Å². The summed E-state index contributed by atoms with van der Waals surface area (Å²) in [6, 6.07) is 14.4. The molecule has 106 valence electrons. The molecule has 0 fully saturated rings. The molecule has 3 heteroatoms. The average Bonchev–Trinajstić information content (AvgIpc) is 2.42. The maximum absolute atomic E-state index is 10.0. The van der Waals surface area contributed by atoms with Crippen molar-refractivity contribution in [2.75, 3.05) is 11.4 Å². The molecule has 2 nitrogen and oxygen atoms in total. The van der Waals surface area contributed by atoms with Gasteiger partial charge in [-0.25, -0.2) is 0 Å². The van der Waals surface area contributed by atoms with Crippen LogP contribution in [0.15, 0.2) is 46.9 Å². The number of hydrogen-bond acceptors (Lipinski definition) is 2. The molecule has 0 amide bonds. The Morgan fingerprint density at radius 1 is 1.15 bits per heavy atom. The second kappa shape index (κ2) is 6.42. The molecule has 0 aliphatic carbocycles.